The van der Waals surface area contributed by atoms with Crippen molar-refractivity contribution < 1.29 is 9.59 Å². The number of amides is 2. The third-order valence-corrected chi connectivity index (χ3v) is 4.40. The van der Waals surface area contributed by atoms with E-state index in [0.29, 0.717) is 11.3 Å². The Morgan fingerprint density at radius 2 is 1.62 bits per heavy atom. The van der Waals surface area contributed by atoms with E-state index in [1.165, 1.54) is 4.90 Å². The molecular weight excluding hydrogens is 364 g/mol. The Kier molecular flexibility index (Phi) is 6.71. The van der Waals surface area contributed by atoms with E-state index in [4.69, 9.17) is 0 Å². The molecule has 0 fully saturated rings. The molecule has 1 heterocycles. The Bertz CT molecular complexity index is 902. The normalized spacial score (nSPS) is 11.5. The summed E-state index contributed by atoms with van der Waals surface area (Å²) in [5, 5.41) is 6.13. The first-order valence-electron chi connectivity index (χ1n) is 9.35. The zero-order chi connectivity index (χ0) is 20.6. The van der Waals surface area contributed by atoms with Crippen LogP contribution in [0.15, 0.2) is 79.0 Å². The van der Waals surface area contributed by atoms with Gasteiger partial charge in [-0.15, -0.1) is 0 Å². The maximum absolute atomic E-state index is 12.4. The van der Waals surface area contributed by atoms with Crippen LogP contribution in [0.2, 0.25) is 0 Å². The monoisotopic (exact) mass is 388 g/mol. The first-order chi connectivity index (χ1) is 14.0. The lowest BCUT2D eigenvalue weighted by Gasteiger charge is -2.18. The van der Waals surface area contributed by atoms with Crippen LogP contribution >= 0.6 is 0 Å². The van der Waals surface area contributed by atoms with E-state index >= 15 is 0 Å². The van der Waals surface area contributed by atoms with E-state index < -0.39 is 0 Å². The van der Waals surface area contributed by atoms with Gasteiger partial charge in [-0.05, 0) is 42.0 Å². The Balaban J connectivity index is 1.64. The first kappa shape index (κ1) is 20.2. The Morgan fingerprint density at radius 1 is 0.931 bits per heavy atom. The maximum atomic E-state index is 12.4. The van der Waals surface area contributed by atoms with Gasteiger partial charge in [-0.1, -0.05) is 36.4 Å². The number of nitrogens with zero attached hydrogens (tertiary/aromatic N) is 2. The van der Waals surface area contributed by atoms with Crippen LogP contribution in [0.5, 0.6) is 0 Å². The van der Waals surface area contributed by atoms with Crippen molar-refractivity contribution in [1.82, 2.24) is 15.2 Å². The van der Waals surface area contributed by atoms with Gasteiger partial charge in [0.15, 0.2) is 0 Å². The van der Waals surface area contributed by atoms with Gasteiger partial charge in [0.1, 0.15) is 0 Å². The second kappa shape index (κ2) is 9.61. The molecule has 0 spiro atoms. The topological polar surface area (TPSA) is 74.3 Å². The van der Waals surface area contributed by atoms with Gasteiger partial charge in [0, 0.05) is 31.5 Å². The van der Waals surface area contributed by atoms with Crippen LogP contribution in [-0.4, -0.2) is 42.3 Å². The fraction of sp³-hybridized carbons (Fsp3) is 0.174. The third kappa shape index (κ3) is 5.49. The first-order valence-corrected chi connectivity index (χ1v) is 9.35. The molecule has 6 nitrogen and oxygen atoms in total. The number of hydrogen-bond donors (Lipinski definition) is 2. The number of hydrogen-bond acceptors (Lipinski definition) is 4. The molecule has 3 aromatic rings. The number of carbonyl (C=O) groups excluding carboxylic acids is 2. The molecule has 0 aliphatic carbocycles. The van der Waals surface area contributed by atoms with Gasteiger partial charge in [-0.3, -0.25) is 19.9 Å². The average Bonchev–Trinajstić information content (AvgIpc) is 2.75. The lowest BCUT2D eigenvalue weighted by Crippen LogP contribution is -2.32. The summed E-state index contributed by atoms with van der Waals surface area (Å²) in [5.41, 5.74) is 3.09. The van der Waals surface area contributed by atoms with Crippen LogP contribution in [0.25, 0.3) is 0 Å². The lowest BCUT2D eigenvalue weighted by molar-refractivity contribution is -0.115. The Morgan fingerprint density at radius 3 is 2.24 bits per heavy atom. The van der Waals surface area contributed by atoms with Crippen molar-refractivity contribution in [2.75, 3.05) is 26.0 Å². The quantitative estimate of drug-likeness (QED) is 0.652. The maximum Gasteiger partial charge on any atom is 0.253 e. The molecule has 0 bridgehead atoms. The van der Waals surface area contributed by atoms with Crippen LogP contribution in [0, 0.1) is 0 Å². The van der Waals surface area contributed by atoms with Crippen molar-refractivity contribution in [3.63, 3.8) is 0 Å². The molecule has 1 unspecified atom stereocenters. The van der Waals surface area contributed by atoms with E-state index in [1.54, 1.807) is 44.6 Å². The third-order valence-electron chi connectivity index (χ3n) is 4.40. The SMILES string of the molecule is CN(C)C(=O)c1ccc(NC(=O)CNC(c2ccccc2)c2ccccn2)cc1. The molecule has 1 atom stereocenters. The van der Waals surface area contributed by atoms with E-state index in [9.17, 15) is 9.59 Å². The van der Waals surface area contributed by atoms with Crippen molar-refractivity contribution in [2.45, 2.75) is 6.04 Å². The fourth-order valence-corrected chi connectivity index (χ4v) is 2.94. The molecule has 3 rings (SSSR count). The molecule has 1 aromatic heterocycles. The fourth-order valence-electron chi connectivity index (χ4n) is 2.94. The molecule has 6 heteroatoms. The van der Waals surface area contributed by atoms with E-state index in [0.717, 1.165) is 11.3 Å². The second-order valence-corrected chi connectivity index (χ2v) is 6.80. The molecule has 148 valence electrons. The van der Waals surface area contributed by atoms with Crippen LogP contribution < -0.4 is 10.6 Å². The summed E-state index contributed by atoms with van der Waals surface area (Å²) >= 11 is 0. The summed E-state index contributed by atoms with van der Waals surface area (Å²) in [5.74, 6) is -0.251. The van der Waals surface area contributed by atoms with Gasteiger partial charge in [-0.25, -0.2) is 0 Å². The van der Waals surface area contributed by atoms with Crippen molar-refractivity contribution in [1.29, 1.82) is 0 Å². The molecular formula is C23H24N4O2. The van der Waals surface area contributed by atoms with Gasteiger partial charge < -0.3 is 10.2 Å². The molecule has 0 saturated heterocycles. The highest BCUT2D eigenvalue weighted by Gasteiger charge is 2.16. The predicted molar refractivity (Wildman–Crippen MR) is 114 cm³/mol. The van der Waals surface area contributed by atoms with Gasteiger partial charge in [0.05, 0.1) is 18.3 Å². The van der Waals surface area contributed by atoms with Crippen molar-refractivity contribution in [3.8, 4) is 0 Å². The highest BCUT2D eigenvalue weighted by molar-refractivity contribution is 5.96. The van der Waals surface area contributed by atoms with Gasteiger partial charge in [0.2, 0.25) is 5.91 Å². The summed E-state index contributed by atoms with van der Waals surface area (Å²) in [6.45, 7) is 0.120. The van der Waals surface area contributed by atoms with Gasteiger partial charge in [-0.2, -0.15) is 0 Å². The number of aromatic nitrogens is 1. The summed E-state index contributed by atoms with van der Waals surface area (Å²) in [7, 11) is 3.41. The average molecular weight is 388 g/mol. The Hall–Kier alpha value is -3.51. The molecule has 2 amide bonds. The molecule has 0 aliphatic heterocycles. The minimum atomic E-state index is -0.191. The van der Waals surface area contributed by atoms with Crippen LogP contribution in [0.4, 0.5) is 5.69 Å². The molecule has 29 heavy (non-hydrogen) atoms. The Labute approximate surface area is 170 Å². The number of rotatable bonds is 7. The number of benzene rings is 2. The van der Waals surface area contributed by atoms with Crippen molar-refractivity contribution >= 4 is 17.5 Å². The minimum absolute atomic E-state index is 0.0781. The number of anilines is 1. The zero-order valence-electron chi connectivity index (χ0n) is 16.5. The zero-order valence-corrected chi connectivity index (χ0v) is 16.5. The second-order valence-electron chi connectivity index (χ2n) is 6.80. The summed E-state index contributed by atoms with van der Waals surface area (Å²) in [6, 6.07) is 22.3. The number of pyridine rings is 1. The minimum Gasteiger partial charge on any atom is -0.345 e. The molecule has 0 aliphatic rings. The largest absolute Gasteiger partial charge is 0.345 e. The van der Waals surface area contributed by atoms with E-state index in [-0.39, 0.29) is 24.4 Å². The van der Waals surface area contributed by atoms with Crippen LogP contribution in [0.3, 0.4) is 0 Å². The van der Waals surface area contributed by atoms with E-state index in [1.807, 2.05) is 48.5 Å². The molecule has 0 saturated carbocycles. The highest BCUT2D eigenvalue weighted by Crippen LogP contribution is 2.19. The van der Waals surface area contributed by atoms with E-state index in [2.05, 4.69) is 15.6 Å². The summed E-state index contributed by atoms with van der Waals surface area (Å²) < 4.78 is 0. The van der Waals surface area contributed by atoms with Crippen LogP contribution in [-0.2, 0) is 4.79 Å². The molecule has 2 aromatic carbocycles. The summed E-state index contributed by atoms with van der Waals surface area (Å²) in [6.07, 6.45) is 1.74. The van der Waals surface area contributed by atoms with Crippen LogP contribution in [0.1, 0.15) is 27.7 Å². The smallest absolute Gasteiger partial charge is 0.253 e. The molecule has 2 N–H and O–H groups in total. The lowest BCUT2D eigenvalue weighted by atomic mass is 10.0. The predicted octanol–water partition coefficient (Wildman–Crippen LogP) is 3.10. The summed E-state index contributed by atoms with van der Waals surface area (Å²) in [4.78, 5) is 30.3. The van der Waals surface area contributed by atoms with Gasteiger partial charge >= 0.3 is 0 Å². The number of carbonyl (C=O) groups is 2. The standard InChI is InChI=1S/C23H24N4O2/c1-27(2)23(29)18-11-13-19(14-12-18)26-21(28)16-25-22(17-8-4-3-5-9-17)20-10-6-7-15-24-20/h3-15,22,25H,16H2,1-2H3,(H,26,28). The van der Waals surface area contributed by atoms with Gasteiger partial charge in [0.25, 0.3) is 5.91 Å². The molecule has 0 radical (unpaired) electrons. The highest BCUT2D eigenvalue weighted by atomic mass is 16.2. The van der Waals surface area contributed by atoms with Crippen molar-refractivity contribution in [3.05, 3.63) is 95.8 Å². The number of nitrogens with one attached hydrogen (secondary N) is 2. The van der Waals surface area contributed by atoms with Crippen molar-refractivity contribution in [2.24, 2.45) is 0 Å².